The first-order chi connectivity index (χ1) is 11.6. The van der Waals surface area contributed by atoms with E-state index in [1.54, 1.807) is 0 Å². The monoisotopic (exact) mass is 385 g/mol. The number of rotatable bonds is 6. The second kappa shape index (κ2) is 7.04. The van der Waals surface area contributed by atoms with Crippen LogP contribution in [0.1, 0.15) is 0 Å². The number of hydrogen-bond acceptors (Lipinski definition) is 4. The normalized spacial score (nSPS) is 21.5. The maximum atomic E-state index is 13.4. The van der Waals surface area contributed by atoms with Gasteiger partial charge in [-0.05, 0) is 18.2 Å². The van der Waals surface area contributed by atoms with Gasteiger partial charge in [-0.2, -0.15) is 8.78 Å². The molecule has 1 aromatic carbocycles. The molecule has 2 N–H and O–H groups in total. The largest absolute Gasteiger partial charge is 0.444 e. The quantitative estimate of drug-likeness (QED) is 0.583. The van der Waals surface area contributed by atoms with E-state index in [2.05, 4.69) is 15.5 Å². The van der Waals surface area contributed by atoms with E-state index >= 15 is 0 Å². The Labute approximate surface area is 144 Å². The first kappa shape index (κ1) is 19.3. The zero-order chi connectivity index (χ0) is 18.8. The standard InChI is InChI=1S/C14H13ClF5N3O2/c1-23-7-6-13(22-23,11(17)18)12(24)21-8-4-2-3-5-9(8)25-14(19,20)10(15)16/h2-7,10-11,22H,1H3,(H,21,24). The van der Waals surface area contributed by atoms with Crippen molar-refractivity contribution >= 4 is 23.2 Å². The van der Waals surface area contributed by atoms with Gasteiger partial charge in [-0.3, -0.25) is 4.79 Å². The van der Waals surface area contributed by atoms with Gasteiger partial charge in [0.1, 0.15) is 5.75 Å². The van der Waals surface area contributed by atoms with E-state index in [0.717, 1.165) is 23.2 Å². The number of carbonyl (C=O) groups excluding carboxylic acids is 1. The third kappa shape index (κ3) is 3.96. The number of anilines is 1. The predicted octanol–water partition coefficient (Wildman–Crippen LogP) is 3.10. The number of amides is 1. The Morgan fingerprint density at radius 3 is 2.52 bits per heavy atom. The number of para-hydroxylation sites is 2. The number of hydrazine groups is 1. The Morgan fingerprint density at radius 2 is 2.00 bits per heavy atom. The van der Waals surface area contributed by atoms with E-state index in [-0.39, 0.29) is 5.69 Å². The highest BCUT2D eigenvalue weighted by atomic mass is 35.5. The highest BCUT2D eigenvalue weighted by Crippen LogP contribution is 2.34. The number of benzene rings is 1. The Balaban J connectivity index is 2.26. The summed E-state index contributed by atoms with van der Waals surface area (Å²) in [5, 5.41) is 3.22. The highest BCUT2D eigenvalue weighted by molar-refractivity contribution is 6.20. The number of nitrogens with one attached hydrogen (secondary N) is 2. The number of alkyl halides is 6. The molecule has 1 heterocycles. The summed E-state index contributed by atoms with van der Waals surface area (Å²) in [4.78, 5) is 12.3. The lowest BCUT2D eigenvalue weighted by molar-refractivity contribution is -0.198. The third-order valence-electron chi connectivity index (χ3n) is 3.28. The summed E-state index contributed by atoms with van der Waals surface area (Å²) < 4.78 is 70.3. The van der Waals surface area contributed by atoms with Crippen LogP contribution in [-0.4, -0.2) is 41.7 Å². The molecule has 1 aliphatic rings. The van der Waals surface area contributed by atoms with Crippen molar-refractivity contribution in [2.75, 3.05) is 12.4 Å². The van der Waals surface area contributed by atoms with Crippen molar-refractivity contribution < 1.29 is 31.5 Å². The fourth-order valence-electron chi connectivity index (χ4n) is 2.02. The third-order valence-corrected chi connectivity index (χ3v) is 3.53. The minimum absolute atomic E-state index is 0.353. The topological polar surface area (TPSA) is 53.6 Å². The predicted molar refractivity (Wildman–Crippen MR) is 80.2 cm³/mol. The molecule has 0 bridgehead atoms. The molecule has 2 atom stereocenters. The fraction of sp³-hybridized carbons (Fsp3) is 0.357. The van der Waals surface area contributed by atoms with Crippen LogP contribution in [0.2, 0.25) is 0 Å². The van der Waals surface area contributed by atoms with Gasteiger partial charge in [0.25, 0.3) is 18.0 Å². The van der Waals surface area contributed by atoms with Gasteiger partial charge in [-0.15, -0.1) is 0 Å². The lowest BCUT2D eigenvalue weighted by Crippen LogP contribution is -2.58. The van der Waals surface area contributed by atoms with Crippen LogP contribution in [0.3, 0.4) is 0 Å². The van der Waals surface area contributed by atoms with Crippen molar-refractivity contribution in [1.82, 2.24) is 10.4 Å². The van der Waals surface area contributed by atoms with Crippen LogP contribution < -0.4 is 15.5 Å². The number of ether oxygens (including phenoxy) is 1. The summed E-state index contributed by atoms with van der Waals surface area (Å²) in [5.41, 5.74) is -3.62. The van der Waals surface area contributed by atoms with Gasteiger partial charge in [-0.1, -0.05) is 23.7 Å². The Kier molecular flexibility index (Phi) is 5.43. The van der Waals surface area contributed by atoms with Crippen LogP contribution >= 0.6 is 11.6 Å². The maximum Gasteiger partial charge on any atom is 0.444 e. The van der Waals surface area contributed by atoms with Crippen LogP contribution in [0.5, 0.6) is 5.75 Å². The second-order valence-corrected chi connectivity index (χ2v) is 5.51. The molecular formula is C14H13ClF5N3O2. The molecule has 5 nitrogen and oxygen atoms in total. The lowest BCUT2D eigenvalue weighted by Gasteiger charge is -2.28. The molecule has 1 amide bonds. The molecule has 138 valence electrons. The van der Waals surface area contributed by atoms with Crippen molar-refractivity contribution in [3.05, 3.63) is 36.5 Å². The van der Waals surface area contributed by atoms with Crippen molar-refractivity contribution in [1.29, 1.82) is 0 Å². The summed E-state index contributed by atoms with van der Waals surface area (Å²) in [6.45, 7) is 0. The SMILES string of the molecule is CN1C=CC(C(=O)Nc2ccccc2OC(F)(F)C(F)Cl)(C(F)F)N1. The average molecular weight is 386 g/mol. The summed E-state index contributed by atoms with van der Waals surface area (Å²) in [6.07, 6.45) is -5.37. The van der Waals surface area contributed by atoms with Gasteiger partial charge >= 0.3 is 6.11 Å². The molecule has 1 aliphatic heterocycles. The van der Waals surface area contributed by atoms with Crippen LogP contribution in [0.25, 0.3) is 0 Å². The van der Waals surface area contributed by atoms with E-state index in [4.69, 9.17) is 11.6 Å². The molecule has 0 radical (unpaired) electrons. The van der Waals surface area contributed by atoms with E-state index in [0.29, 0.717) is 0 Å². The lowest BCUT2D eigenvalue weighted by atomic mass is 10.0. The minimum Gasteiger partial charge on any atom is -0.427 e. The molecule has 0 spiro atoms. The van der Waals surface area contributed by atoms with E-state index in [1.807, 2.05) is 0 Å². The van der Waals surface area contributed by atoms with Crippen LogP contribution in [-0.2, 0) is 4.79 Å². The van der Waals surface area contributed by atoms with Crippen LogP contribution in [0.15, 0.2) is 36.5 Å². The van der Waals surface area contributed by atoms with Gasteiger partial charge in [0, 0.05) is 13.2 Å². The molecular weight excluding hydrogens is 373 g/mol. The Bertz CT molecular complexity index is 674. The van der Waals surface area contributed by atoms with Crippen LogP contribution in [0.4, 0.5) is 27.6 Å². The molecule has 11 heteroatoms. The first-order valence-electron chi connectivity index (χ1n) is 6.82. The molecule has 2 unspecified atom stereocenters. The summed E-state index contributed by atoms with van der Waals surface area (Å²) in [7, 11) is 1.40. The van der Waals surface area contributed by atoms with E-state index in [1.165, 1.54) is 25.4 Å². The maximum absolute atomic E-state index is 13.4. The average Bonchev–Trinajstić information content (AvgIpc) is 2.92. The fourth-order valence-corrected chi connectivity index (χ4v) is 2.06. The minimum atomic E-state index is -4.38. The smallest absolute Gasteiger partial charge is 0.427 e. The van der Waals surface area contributed by atoms with Crippen molar-refractivity contribution in [3.8, 4) is 5.75 Å². The first-order valence-corrected chi connectivity index (χ1v) is 7.26. The summed E-state index contributed by atoms with van der Waals surface area (Å²) in [6, 6.07) is 4.74. The molecule has 0 saturated carbocycles. The number of carbonyl (C=O) groups is 1. The highest BCUT2D eigenvalue weighted by Gasteiger charge is 2.49. The van der Waals surface area contributed by atoms with Gasteiger partial charge in [0.05, 0.1) is 5.69 Å². The molecule has 0 saturated heterocycles. The van der Waals surface area contributed by atoms with Gasteiger partial charge < -0.3 is 15.1 Å². The van der Waals surface area contributed by atoms with E-state index in [9.17, 15) is 26.7 Å². The van der Waals surface area contributed by atoms with Gasteiger partial charge in [-0.25, -0.2) is 18.6 Å². The zero-order valence-corrected chi connectivity index (χ0v) is 13.4. The van der Waals surface area contributed by atoms with Crippen LogP contribution in [0, 0.1) is 0 Å². The molecule has 25 heavy (non-hydrogen) atoms. The molecule has 0 fully saturated rings. The summed E-state index contributed by atoms with van der Waals surface area (Å²) >= 11 is 4.71. The van der Waals surface area contributed by atoms with Gasteiger partial charge in [0.2, 0.25) is 0 Å². The number of nitrogens with zero attached hydrogens (tertiary/aromatic N) is 1. The second-order valence-electron chi connectivity index (χ2n) is 5.12. The number of halogens is 6. The molecule has 2 rings (SSSR count). The molecule has 1 aromatic rings. The summed E-state index contributed by atoms with van der Waals surface area (Å²) in [5.74, 6) is -1.85. The zero-order valence-electron chi connectivity index (χ0n) is 12.7. The van der Waals surface area contributed by atoms with Crippen molar-refractivity contribution in [2.45, 2.75) is 23.7 Å². The Morgan fingerprint density at radius 1 is 1.36 bits per heavy atom. The van der Waals surface area contributed by atoms with Crippen molar-refractivity contribution in [2.24, 2.45) is 0 Å². The molecule has 0 aromatic heterocycles. The Hall–Kier alpha value is -2.07. The van der Waals surface area contributed by atoms with E-state index < -0.39 is 35.4 Å². The molecule has 0 aliphatic carbocycles. The van der Waals surface area contributed by atoms with Crippen molar-refractivity contribution in [3.63, 3.8) is 0 Å². The van der Waals surface area contributed by atoms with Gasteiger partial charge in [0.15, 0.2) is 5.54 Å². The number of hydrogen-bond donors (Lipinski definition) is 2.